The molecule has 0 aliphatic heterocycles. The van der Waals surface area contributed by atoms with Gasteiger partial charge in [0.15, 0.2) is 0 Å². The number of nitrogens with one attached hydrogen (secondary N) is 1. The van der Waals surface area contributed by atoms with Crippen LogP contribution in [0, 0.1) is 6.92 Å². The van der Waals surface area contributed by atoms with Crippen LogP contribution in [0.5, 0.6) is 0 Å². The largest absolute Gasteiger partial charge is 0.635 e. The van der Waals surface area contributed by atoms with Crippen molar-refractivity contribution in [2.75, 3.05) is 6.61 Å². The second-order valence-electron chi connectivity index (χ2n) is 6.52. The third-order valence-electron chi connectivity index (χ3n) is 4.57. The molecule has 0 radical (unpaired) electrons. The Morgan fingerprint density at radius 2 is 1.93 bits per heavy atom. The number of benzene rings is 2. The summed E-state index contributed by atoms with van der Waals surface area (Å²) in [6, 6.07) is 14.5. The number of aliphatic hydroxyl groups is 1. The number of aliphatic hydroxyl groups excluding tert-OH is 1. The number of rotatable bonds is 8. The van der Waals surface area contributed by atoms with Crippen LogP contribution >= 0.6 is 0 Å². The number of fused-ring (bicyclic) bond motifs is 1. The van der Waals surface area contributed by atoms with Gasteiger partial charge >= 0.3 is 7.32 Å². The average Bonchev–Trinajstić information content (AvgIpc) is 3.07. The second kappa shape index (κ2) is 9.03. The number of carbonyl (C=O) groups excluding carboxylic acids is 1. The molecule has 3 rings (SSSR count). The van der Waals surface area contributed by atoms with Crippen molar-refractivity contribution in [2.45, 2.75) is 25.5 Å². The van der Waals surface area contributed by atoms with Crippen LogP contribution in [0.4, 0.5) is 0 Å². The summed E-state index contributed by atoms with van der Waals surface area (Å²) in [5.41, 5.74) is 3.10. The molecule has 2 atom stereocenters. The van der Waals surface area contributed by atoms with Gasteiger partial charge in [0.25, 0.3) is 0 Å². The third kappa shape index (κ3) is 4.60. The van der Waals surface area contributed by atoms with Gasteiger partial charge in [-0.05, 0) is 18.1 Å². The molecular formula is C20H22BNO6. The van der Waals surface area contributed by atoms with Gasteiger partial charge in [-0.3, -0.25) is 4.79 Å². The lowest BCUT2D eigenvalue weighted by molar-refractivity contribution is -0.126. The summed E-state index contributed by atoms with van der Waals surface area (Å²) in [5, 5.41) is 31.6. The second-order valence-corrected chi connectivity index (χ2v) is 6.52. The predicted molar refractivity (Wildman–Crippen MR) is 104 cm³/mol. The molecule has 1 heterocycles. The molecule has 0 saturated carbocycles. The minimum absolute atomic E-state index is 0.159. The first kappa shape index (κ1) is 20.1. The van der Waals surface area contributed by atoms with E-state index in [9.17, 15) is 19.9 Å². The molecular weight excluding hydrogens is 361 g/mol. The molecule has 3 aromatic rings. The molecule has 0 saturated heterocycles. The maximum absolute atomic E-state index is 12.7. The third-order valence-corrected chi connectivity index (χ3v) is 4.57. The highest BCUT2D eigenvalue weighted by Gasteiger charge is 2.26. The lowest BCUT2D eigenvalue weighted by atomic mass is 9.99. The molecule has 1 amide bonds. The normalized spacial score (nSPS) is 13.3. The fraction of sp³-hybridized carbons (Fsp3) is 0.250. The highest BCUT2D eigenvalue weighted by Crippen LogP contribution is 2.25. The molecule has 7 nitrogen and oxygen atoms in total. The Hall–Kier alpha value is -2.65. The number of para-hydroxylation sites is 1. The van der Waals surface area contributed by atoms with Gasteiger partial charge in [-0.15, -0.1) is 0 Å². The van der Waals surface area contributed by atoms with E-state index in [0.29, 0.717) is 5.56 Å². The number of carbonyl (C=O) groups is 1. The first-order valence-electron chi connectivity index (χ1n) is 8.93. The zero-order valence-electron chi connectivity index (χ0n) is 15.4. The van der Waals surface area contributed by atoms with Crippen LogP contribution in [0.1, 0.15) is 22.6 Å². The van der Waals surface area contributed by atoms with Gasteiger partial charge in [0.1, 0.15) is 11.8 Å². The zero-order chi connectivity index (χ0) is 20.1. The van der Waals surface area contributed by atoms with E-state index in [0.717, 1.165) is 22.1 Å². The fourth-order valence-electron chi connectivity index (χ4n) is 3.18. The Bertz CT molecular complexity index is 927. The number of hydrogen-bond acceptors (Lipinski definition) is 6. The summed E-state index contributed by atoms with van der Waals surface area (Å²) in [6.07, 6.45) is 0.698. The van der Waals surface area contributed by atoms with Crippen LogP contribution in [-0.4, -0.2) is 41.2 Å². The van der Waals surface area contributed by atoms with E-state index in [1.54, 1.807) is 30.5 Å². The smallest absolute Gasteiger partial charge is 0.464 e. The number of amides is 1. The van der Waals surface area contributed by atoms with Gasteiger partial charge in [0.2, 0.25) is 5.91 Å². The minimum atomic E-state index is -2.06. The molecule has 0 bridgehead atoms. The summed E-state index contributed by atoms with van der Waals surface area (Å²) in [6.45, 7) is 1.53. The highest BCUT2D eigenvalue weighted by molar-refractivity contribution is 6.32. The van der Waals surface area contributed by atoms with Gasteiger partial charge in [0, 0.05) is 17.4 Å². The first-order valence-corrected chi connectivity index (χ1v) is 8.93. The van der Waals surface area contributed by atoms with Gasteiger partial charge in [0.05, 0.1) is 18.8 Å². The molecule has 0 spiro atoms. The van der Waals surface area contributed by atoms with Gasteiger partial charge in [-0.25, -0.2) is 0 Å². The number of hydrogen-bond donors (Lipinski definition) is 4. The molecule has 0 aliphatic carbocycles. The number of aryl methyl sites for hydroxylation is 1. The maximum atomic E-state index is 12.7. The molecule has 2 aromatic carbocycles. The molecule has 28 heavy (non-hydrogen) atoms. The lowest BCUT2D eigenvalue weighted by Gasteiger charge is -2.22. The molecule has 146 valence electrons. The molecule has 8 heteroatoms. The Morgan fingerprint density at radius 1 is 1.18 bits per heavy atom. The minimum Gasteiger partial charge on any atom is -0.464 e. The van der Waals surface area contributed by atoms with Crippen LogP contribution in [0.15, 0.2) is 59.2 Å². The van der Waals surface area contributed by atoms with Crippen molar-refractivity contribution >= 4 is 24.2 Å². The average molecular weight is 383 g/mol. The summed E-state index contributed by atoms with van der Waals surface area (Å²) < 4.78 is 10.7. The van der Waals surface area contributed by atoms with Crippen LogP contribution in [-0.2, 0) is 15.9 Å². The molecule has 0 unspecified atom stereocenters. The van der Waals surface area contributed by atoms with Crippen molar-refractivity contribution in [1.29, 1.82) is 0 Å². The van der Waals surface area contributed by atoms with Crippen molar-refractivity contribution in [3.8, 4) is 0 Å². The summed E-state index contributed by atoms with van der Waals surface area (Å²) in [7, 11) is -2.06. The first-order chi connectivity index (χ1) is 13.5. The van der Waals surface area contributed by atoms with E-state index in [1.807, 2.05) is 31.2 Å². The SMILES string of the molecule is Cc1cccc2c(C[C@H](NC(=O)[C@H](CO)c3ccccc3)OB(O)O)coc12. The van der Waals surface area contributed by atoms with Crippen LogP contribution in [0.25, 0.3) is 11.0 Å². The lowest BCUT2D eigenvalue weighted by Crippen LogP contribution is -2.44. The van der Waals surface area contributed by atoms with Gasteiger partial charge in [-0.1, -0.05) is 48.5 Å². The summed E-state index contributed by atoms with van der Waals surface area (Å²) in [4.78, 5) is 12.7. The molecule has 4 N–H and O–H groups in total. The Kier molecular flexibility index (Phi) is 6.48. The molecule has 0 aliphatic rings. The number of furan rings is 1. The van der Waals surface area contributed by atoms with Crippen LogP contribution in [0.3, 0.4) is 0 Å². The Morgan fingerprint density at radius 3 is 2.61 bits per heavy atom. The Labute approximate surface area is 162 Å². The van der Waals surface area contributed by atoms with Gasteiger partial charge in [-0.2, -0.15) is 0 Å². The van der Waals surface area contributed by atoms with Crippen molar-refractivity contribution in [3.63, 3.8) is 0 Å². The zero-order valence-corrected chi connectivity index (χ0v) is 15.4. The van der Waals surface area contributed by atoms with E-state index >= 15 is 0 Å². The van der Waals surface area contributed by atoms with E-state index in [1.165, 1.54) is 0 Å². The van der Waals surface area contributed by atoms with Crippen molar-refractivity contribution < 1.29 is 29.0 Å². The Balaban J connectivity index is 1.79. The molecule has 0 fully saturated rings. The van der Waals surface area contributed by atoms with E-state index in [4.69, 9.17) is 9.07 Å². The van der Waals surface area contributed by atoms with E-state index < -0.39 is 32.0 Å². The van der Waals surface area contributed by atoms with E-state index in [-0.39, 0.29) is 6.42 Å². The van der Waals surface area contributed by atoms with E-state index in [2.05, 4.69) is 5.32 Å². The van der Waals surface area contributed by atoms with Gasteiger partial charge < -0.3 is 29.5 Å². The fourth-order valence-corrected chi connectivity index (χ4v) is 3.18. The summed E-state index contributed by atoms with van der Waals surface area (Å²) >= 11 is 0. The monoisotopic (exact) mass is 383 g/mol. The maximum Gasteiger partial charge on any atom is 0.635 e. The molecule has 1 aromatic heterocycles. The topological polar surface area (TPSA) is 112 Å². The standard InChI is InChI=1S/C20H22BNO6/c1-13-6-5-9-16-15(12-27-19(13)16)10-18(28-21(25)26)22-20(24)17(11-23)14-7-3-2-4-8-14/h2-9,12,17-18,23,25-26H,10-11H2,1H3,(H,22,24)/t17-,18-/m1/s1. The highest BCUT2D eigenvalue weighted by atomic mass is 16.6. The predicted octanol–water partition coefficient (Wildman–Crippen LogP) is 1.49. The van der Waals surface area contributed by atoms with Crippen LogP contribution in [0.2, 0.25) is 0 Å². The van der Waals surface area contributed by atoms with Crippen molar-refractivity contribution in [2.24, 2.45) is 0 Å². The quantitative estimate of drug-likeness (QED) is 0.346. The van der Waals surface area contributed by atoms with Crippen molar-refractivity contribution in [1.82, 2.24) is 5.32 Å². The van der Waals surface area contributed by atoms with Crippen LogP contribution < -0.4 is 5.32 Å². The van der Waals surface area contributed by atoms with Crippen molar-refractivity contribution in [3.05, 3.63) is 71.5 Å². The summed E-state index contributed by atoms with van der Waals surface area (Å²) in [5.74, 6) is -1.28.